The van der Waals surface area contributed by atoms with E-state index in [2.05, 4.69) is 44.1 Å². The van der Waals surface area contributed by atoms with Crippen molar-refractivity contribution in [3.8, 4) is 0 Å². The number of anilines is 1. The lowest BCUT2D eigenvalue weighted by Gasteiger charge is -2.35. The van der Waals surface area contributed by atoms with Crippen molar-refractivity contribution in [3.05, 3.63) is 60.3 Å². The summed E-state index contributed by atoms with van der Waals surface area (Å²) in [5.41, 5.74) is 1.23. The number of aromatic nitrogens is 1. The maximum absolute atomic E-state index is 12.6. The quantitative estimate of drug-likeness (QED) is 0.562. The Morgan fingerprint density at radius 1 is 1.10 bits per heavy atom. The van der Waals surface area contributed by atoms with Crippen molar-refractivity contribution >= 4 is 17.7 Å². The maximum atomic E-state index is 12.6. The van der Waals surface area contributed by atoms with Gasteiger partial charge in [-0.3, -0.25) is 9.79 Å². The molecule has 1 aliphatic rings. The third kappa shape index (κ3) is 6.20. The number of benzene rings is 1. The van der Waals surface area contributed by atoms with Crippen LogP contribution in [0.25, 0.3) is 0 Å². The van der Waals surface area contributed by atoms with Crippen molar-refractivity contribution < 1.29 is 4.79 Å². The van der Waals surface area contributed by atoms with E-state index in [0.29, 0.717) is 13.0 Å². The lowest BCUT2D eigenvalue weighted by atomic mass is 10.2. The molecule has 1 saturated heterocycles. The first kappa shape index (κ1) is 21.6. The molecule has 2 aromatic rings. The zero-order chi connectivity index (χ0) is 21.2. The smallest absolute Gasteiger partial charge is 0.224 e. The van der Waals surface area contributed by atoms with Crippen LogP contribution in [0.5, 0.6) is 0 Å². The molecule has 1 N–H and O–H groups in total. The highest BCUT2D eigenvalue weighted by Gasteiger charge is 2.21. The summed E-state index contributed by atoms with van der Waals surface area (Å²) in [6, 6.07) is 16.2. The number of rotatable bonds is 7. The van der Waals surface area contributed by atoms with Gasteiger partial charge in [0.1, 0.15) is 5.82 Å². The highest BCUT2D eigenvalue weighted by atomic mass is 16.2. The van der Waals surface area contributed by atoms with Gasteiger partial charge in [-0.1, -0.05) is 36.4 Å². The molecule has 2 heterocycles. The third-order valence-electron chi connectivity index (χ3n) is 5.15. The molecule has 7 heteroatoms. The summed E-state index contributed by atoms with van der Waals surface area (Å²) in [5, 5.41) is 3.32. The Kier molecular flexibility index (Phi) is 8.06. The van der Waals surface area contributed by atoms with E-state index >= 15 is 0 Å². The number of hydrogen-bond donors (Lipinski definition) is 1. The van der Waals surface area contributed by atoms with Gasteiger partial charge in [0.25, 0.3) is 0 Å². The normalized spacial score (nSPS) is 14.5. The molecule has 0 unspecified atom stereocenters. The molecule has 160 valence electrons. The van der Waals surface area contributed by atoms with Crippen molar-refractivity contribution in [2.24, 2.45) is 4.99 Å². The average molecular weight is 409 g/mol. The summed E-state index contributed by atoms with van der Waals surface area (Å²) in [6.07, 6.45) is 2.24. The molecule has 0 spiro atoms. The van der Waals surface area contributed by atoms with Crippen LogP contribution >= 0.6 is 0 Å². The van der Waals surface area contributed by atoms with Crippen LogP contribution in [0.3, 0.4) is 0 Å². The Morgan fingerprint density at radius 2 is 1.83 bits per heavy atom. The second-order valence-electron chi connectivity index (χ2n) is 7.38. The molecule has 0 radical (unpaired) electrons. The van der Waals surface area contributed by atoms with Gasteiger partial charge in [0, 0.05) is 58.9 Å². The van der Waals surface area contributed by atoms with Gasteiger partial charge in [-0.25, -0.2) is 4.98 Å². The largest absolute Gasteiger partial charge is 0.357 e. The highest BCUT2D eigenvalue weighted by Crippen LogP contribution is 2.13. The summed E-state index contributed by atoms with van der Waals surface area (Å²) in [4.78, 5) is 28.0. The number of carbonyl (C=O) groups is 1. The molecule has 0 atom stereocenters. The molecule has 7 nitrogen and oxygen atoms in total. The monoisotopic (exact) mass is 408 g/mol. The van der Waals surface area contributed by atoms with E-state index < -0.39 is 0 Å². The van der Waals surface area contributed by atoms with Crippen LogP contribution in [0.1, 0.15) is 18.9 Å². The molecule has 0 saturated carbocycles. The van der Waals surface area contributed by atoms with E-state index in [1.54, 1.807) is 0 Å². The first-order valence-electron chi connectivity index (χ1n) is 10.6. The summed E-state index contributed by atoms with van der Waals surface area (Å²) < 4.78 is 0. The van der Waals surface area contributed by atoms with Gasteiger partial charge in [-0.2, -0.15) is 0 Å². The Morgan fingerprint density at radius 3 is 2.50 bits per heavy atom. The number of hydrogen-bond acceptors (Lipinski definition) is 4. The molecular formula is C23H32N6O. The van der Waals surface area contributed by atoms with Gasteiger partial charge in [-0.15, -0.1) is 0 Å². The van der Waals surface area contributed by atoms with Crippen LogP contribution in [-0.4, -0.2) is 73.0 Å². The zero-order valence-corrected chi connectivity index (χ0v) is 18.0. The Hall–Kier alpha value is -3.09. The summed E-state index contributed by atoms with van der Waals surface area (Å²) in [5.74, 6) is 1.97. The molecule has 1 amide bonds. The fourth-order valence-corrected chi connectivity index (χ4v) is 3.54. The molecule has 0 aliphatic carbocycles. The molecule has 3 rings (SSSR count). The topological polar surface area (TPSA) is 64.1 Å². The molecule has 1 aliphatic heterocycles. The van der Waals surface area contributed by atoms with Gasteiger partial charge < -0.3 is 20.0 Å². The van der Waals surface area contributed by atoms with E-state index in [-0.39, 0.29) is 5.91 Å². The fourth-order valence-electron chi connectivity index (χ4n) is 3.54. The summed E-state index contributed by atoms with van der Waals surface area (Å²) in [7, 11) is 2.02. The van der Waals surface area contributed by atoms with Crippen molar-refractivity contribution in [1.29, 1.82) is 0 Å². The van der Waals surface area contributed by atoms with Gasteiger partial charge >= 0.3 is 0 Å². The van der Waals surface area contributed by atoms with Crippen molar-refractivity contribution in [2.45, 2.75) is 19.9 Å². The minimum atomic E-state index is 0.168. The minimum Gasteiger partial charge on any atom is -0.357 e. The SMILES string of the molecule is CCNC(=NCCC(=O)N1CCN(c2ccccn2)CC1)N(C)Cc1ccccc1. The second-order valence-corrected chi connectivity index (χ2v) is 7.38. The highest BCUT2D eigenvalue weighted by molar-refractivity contribution is 5.81. The van der Waals surface area contributed by atoms with Crippen LogP contribution in [0.15, 0.2) is 59.7 Å². The number of nitrogens with zero attached hydrogens (tertiary/aromatic N) is 5. The Labute approximate surface area is 179 Å². The zero-order valence-electron chi connectivity index (χ0n) is 18.0. The number of amides is 1. The number of aliphatic imine (C=N–C) groups is 1. The van der Waals surface area contributed by atoms with Gasteiger partial charge in [0.05, 0.1) is 6.54 Å². The predicted octanol–water partition coefficient (Wildman–Crippen LogP) is 2.22. The van der Waals surface area contributed by atoms with E-state index in [9.17, 15) is 4.79 Å². The molecule has 1 fully saturated rings. The van der Waals surface area contributed by atoms with Crippen LogP contribution in [0, 0.1) is 0 Å². The van der Waals surface area contributed by atoms with Gasteiger partial charge in [0.15, 0.2) is 5.96 Å². The molecule has 0 bridgehead atoms. The standard InChI is InChI=1S/C23H32N6O/c1-3-24-23(27(2)19-20-9-5-4-6-10-20)26-14-12-22(30)29-17-15-28(16-18-29)21-11-7-8-13-25-21/h4-11,13H,3,12,14-19H2,1-2H3,(H,24,26). The predicted molar refractivity (Wildman–Crippen MR) is 122 cm³/mol. The van der Waals surface area contributed by atoms with E-state index in [1.807, 2.05) is 54.5 Å². The van der Waals surface area contributed by atoms with E-state index in [4.69, 9.17) is 0 Å². The maximum Gasteiger partial charge on any atom is 0.224 e. The van der Waals surface area contributed by atoms with Crippen LogP contribution in [0.2, 0.25) is 0 Å². The number of pyridine rings is 1. The summed E-state index contributed by atoms with van der Waals surface area (Å²) in [6.45, 7) is 7.19. The van der Waals surface area contributed by atoms with Crippen molar-refractivity contribution in [3.63, 3.8) is 0 Å². The van der Waals surface area contributed by atoms with Crippen LogP contribution in [0.4, 0.5) is 5.82 Å². The minimum absolute atomic E-state index is 0.168. The first-order chi connectivity index (χ1) is 14.7. The van der Waals surface area contributed by atoms with Gasteiger partial charge in [0.2, 0.25) is 5.91 Å². The second kappa shape index (κ2) is 11.2. The molecule has 1 aromatic carbocycles. The molecule has 1 aromatic heterocycles. The number of piperazine rings is 1. The Balaban J connectivity index is 1.47. The lowest BCUT2D eigenvalue weighted by Crippen LogP contribution is -2.49. The van der Waals surface area contributed by atoms with Crippen LogP contribution < -0.4 is 10.2 Å². The van der Waals surface area contributed by atoms with E-state index in [1.165, 1.54) is 5.56 Å². The average Bonchev–Trinajstić information content (AvgIpc) is 2.79. The number of nitrogens with one attached hydrogen (secondary N) is 1. The van der Waals surface area contributed by atoms with Crippen molar-refractivity contribution in [1.82, 2.24) is 20.1 Å². The molecular weight excluding hydrogens is 376 g/mol. The van der Waals surface area contributed by atoms with Crippen molar-refractivity contribution in [2.75, 3.05) is 51.2 Å². The van der Waals surface area contributed by atoms with Crippen LogP contribution in [-0.2, 0) is 11.3 Å². The third-order valence-corrected chi connectivity index (χ3v) is 5.15. The fraction of sp³-hybridized carbons (Fsp3) is 0.435. The number of carbonyl (C=O) groups excluding carboxylic acids is 1. The summed E-state index contributed by atoms with van der Waals surface area (Å²) >= 11 is 0. The van der Waals surface area contributed by atoms with Gasteiger partial charge in [-0.05, 0) is 24.6 Å². The first-order valence-corrected chi connectivity index (χ1v) is 10.6. The lowest BCUT2D eigenvalue weighted by molar-refractivity contribution is -0.131. The van der Waals surface area contributed by atoms with E-state index in [0.717, 1.165) is 51.0 Å². The number of guanidine groups is 1. The molecule has 30 heavy (non-hydrogen) atoms. The Bertz CT molecular complexity index is 803.